The number of amides is 2. The molecule has 4 N–H and O–H groups in total. The van der Waals surface area contributed by atoms with Gasteiger partial charge in [-0.3, -0.25) is 9.59 Å². The first-order chi connectivity index (χ1) is 17.0. The van der Waals surface area contributed by atoms with Crippen LogP contribution < -0.4 is 10.6 Å². The molecule has 2 aromatic rings. The second-order valence-corrected chi connectivity index (χ2v) is 10.2. The second-order valence-electron chi connectivity index (χ2n) is 10.2. The summed E-state index contributed by atoms with van der Waals surface area (Å²) in [7, 11) is 0. The third-order valence-corrected chi connectivity index (χ3v) is 7.49. The van der Waals surface area contributed by atoms with E-state index in [1.54, 1.807) is 0 Å². The van der Waals surface area contributed by atoms with Crippen LogP contribution in [0.15, 0.2) is 54.6 Å². The number of benzene rings is 2. The molecule has 0 radical (unpaired) electrons. The van der Waals surface area contributed by atoms with E-state index < -0.39 is 24.2 Å². The van der Waals surface area contributed by atoms with Crippen molar-refractivity contribution in [3.63, 3.8) is 0 Å². The van der Waals surface area contributed by atoms with Gasteiger partial charge in [0, 0.05) is 24.8 Å². The Morgan fingerprint density at radius 2 is 1.63 bits per heavy atom. The van der Waals surface area contributed by atoms with Crippen molar-refractivity contribution in [1.82, 2.24) is 10.6 Å². The Morgan fingerprint density at radius 3 is 2.37 bits per heavy atom. The first-order valence-corrected chi connectivity index (χ1v) is 13.1. The van der Waals surface area contributed by atoms with Crippen LogP contribution in [0.3, 0.4) is 0 Å². The quantitative estimate of drug-likeness (QED) is 0.415. The van der Waals surface area contributed by atoms with E-state index >= 15 is 0 Å². The minimum absolute atomic E-state index is 0.0145. The Kier molecular flexibility index (Phi) is 8.94. The van der Waals surface area contributed by atoms with Gasteiger partial charge in [0.15, 0.2) is 0 Å². The molecule has 4 rings (SSSR count). The predicted molar refractivity (Wildman–Crippen MR) is 135 cm³/mol. The maximum atomic E-state index is 13.4. The van der Waals surface area contributed by atoms with Crippen molar-refractivity contribution < 1.29 is 19.8 Å². The van der Waals surface area contributed by atoms with Gasteiger partial charge >= 0.3 is 0 Å². The van der Waals surface area contributed by atoms with Crippen molar-refractivity contribution in [2.45, 2.75) is 76.0 Å². The monoisotopic (exact) mass is 478 g/mol. The van der Waals surface area contributed by atoms with Crippen LogP contribution in [0.25, 0.3) is 0 Å². The molecule has 0 spiro atoms. The summed E-state index contributed by atoms with van der Waals surface area (Å²) >= 11 is 0. The van der Waals surface area contributed by atoms with Crippen LogP contribution in [0.2, 0.25) is 0 Å². The zero-order chi connectivity index (χ0) is 24.6. The van der Waals surface area contributed by atoms with E-state index in [1.165, 1.54) is 12.8 Å². The minimum atomic E-state index is -0.829. The molecule has 4 atom stereocenters. The van der Waals surface area contributed by atoms with Crippen LogP contribution in [0.5, 0.6) is 0 Å². The van der Waals surface area contributed by atoms with Gasteiger partial charge in [0.1, 0.15) is 0 Å². The molecule has 35 heavy (non-hydrogen) atoms. The molecule has 0 aliphatic heterocycles. The summed E-state index contributed by atoms with van der Waals surface area (Å²) < 4.78 is 0. The Hall–Kier alpha value is -2.70. The molecule has 6 nitrogen and oxygen atoms in total. The van der Waals surface area contributed by atoms with Gasteiger partial charge in [-0.1, -0.05) is 80.3 Å². The maximum Gasteiger partial charge on any atom is 0.224 e. The molecular formula is C29H38N2O4. The van der Waals surface area contributed by atoms with E-state index in [0.717, 1.165) is 42.4 Å². The molecule has 0 bridgehead atoms. The van der Waals surface area contributed by atoms with Gasteiger partial charge < -0.3 is 20.8 Å². The Labute approximate surface area is 208 Å². The molecule has 2 aliphatic carbocycles. The van der Waals surface area contributed by atoms with E-state index in [2.05, 4.69) is 10.6 Å². The first-order valence-electron chi connectivity index (χ1n) is 13.1. The summed E-state index contributed by atoms with van der Waals surface area (Å²) in [4.78, 5) is 26.0. The molecule has 0 aromatic heterocycles. The lowest BCUT2D eigenvalue weighted by atomic mass is 9.92. The molecule has 1 saturated carbocycles. The number of carbonyl (C=O) groups is 2. The molecule has 6 heteroatoms. The van der Waals surface area contributed by atoms with Crippen LogP contribution in [-0.4, -0.2) is 40.8 Å². The number of carbonyl (C=O) groups excluding carboxylic acids is 2. The molecule has 0 heterocycles. The van der Waals surface area contributed by atoms with Crippen molar-refractivity contribution in [3.05, 3.63) is 71.3 Å². The Bertz CT molecular complexity index is 972. The highest BCUT2D eigenvalue weighted by Crippen LogP contribution is 2.32. The van der Waals surface area contributed by atoms with Gasteiger partial charge in [0.05, 0.1) is 18.2 Å². The summed E-state index contributed by atoms with van der Waals surface area (Å²) in [6.45, 7) is 0.142. The SMILES string of the molecule is O=C(NC[C@@H](O)C[C@@H](Cc1ccccc1)C(=O)N[C@H]1c2ccccc2C[C@H]1O)C1CCCCCC1. The summed E-state index contributed by atoms with van der Waals surface area (Å²) in [6, 6.07) is 17.1. The number of hydrogen-bond donors (Lipinski definition) is 4. The van der Waals surface area contributed by atoms with Crippen molar-refractivity contribution in [1.29, 1.82) is 0 Å². The Morgan fingerprint density at radius 1 is 0.943 bits per heavy atom. The van der Waals surface area contributed by atoms with Gasteiger partial charge in [-0.25, -0.2) is 0 Å². The lowest BCUT2D eigenvalue weighted by Crippen LogP contribution is -2.42. The van der Waals surface area contributed by atoms with Gasteiger partial charge in [-0.2, -0.15) is 0 Å². The van der Waals surface area contributed by atoms with Gasteiger partial charge in [0.2, 0.25) is 11.8 Å². The fraction of sp³-hybridized carbons (Fsp3) is 0.517. The van der Waals surface area contributed by atoms with Gasteiger partial charge in [0.25, 0.3) is 0 Å². The van der Waals surface area contributed by atoms with Crippen LogP contribution in [0.1, 0.15) is 67.7 Å². The number of hydrogen-bond acceptors (Lipinski definition) is 4. The highest BCUT2D eigenvalue weighted by molar-refractivity contribution is 5.80. The molecular weight excluding hydrogens is 440 g/mol. The van der Waals surface area contributed by atoms with Crippen molar-refractivity contribution >= 4 is 11.8 Å². The number of aliphatic hydroxyl groups excluding tert-OH is 2. The average Bonchev–Trinajstić information content (AvgIpc) is 3.03. The van der Waals surface area contributed by atoms with E-state index in [1.807, 2.05) is 54.6 Å². The lowest BCUT2D eigenvalue weighted by Gasteiger charge is -2.25. The van der Waals surface area contributed by atoms with Crippen LogP contribution >= 0.6 is 0 Å². The molecule has 2 aliphatic rings. The molecule has 1 fully saturated rings. The van der Waals surface area contributed by atoms with E-state index in [4.69, 9.17) is 0 Å². The highest BCUT2D eigenvalue weighted by atomic mass is 16.3. The number of nitrogens with one attached hydrogen (secondary N) is 2. The molecule has 2 aromatic carbocycles. The Balaban J connectivity index is 1.38. The number of aliphatic hydroxyl groups is 2. The third-order valence-electron chi connectivity index (χ3n) is 7.49. The maximum absolute atomic E-state index is 13.4. The van der Waals surface area contributed by atoms with Crippen LogP contribution in [0, 0.1) is 11.8 Å². The minimum Gasteiger partial charge on any atom is -0.391 e. The molecule has 2 amide bonds. The zero-order valence-corrected chi connectivity index (χ0v) is 20.4. The number of rotatable bonds is 9. The fourth-order valence-corrected chi connectivity index (χ4v) is 5.52. The zero-order valence-electron chi connectivity index (χ0n) is 20.4. The van der Waals surface area contributed by atoms with Crippen molar-refractivity contribution in [3.8, 4) is 0 Å². The first kappa shape index (κ1) is 25.4. The van der Waals surface area contributed by atoms with E-state index in [-0.39, 0.29) is 30.7 Å². The molecule has 0 unspecified atom stereocenters. The predicted octanol–water partition coefficient (Wildman–Crippen LogP) is 3.46. The standard InChI is InChI=1S/C29H38N2O4/c32-24(19-30-28(34)21-12-6-1-2-7-13-21)17-23(16-20-10-4-3-5-11-20)29(35)31-27-25-15-9-8-14-22(25)18-26(27)33/h3-5,8-11,14-15,21,23-24,26-27,32-33H,1-2,6-7,12-13,16-19H2,(H,30,34)(H,31,35)/t23-,24+,26-,27+/m1/s1. The molecule has 188 valence electrons. The fourth-order valence-electron chi connectivity index (χ4n) is 5.52. The summed E-state index contributed by atoms with van der Waals surface area (Å²) in [5.74, 6) is -0.636. The normalized spacial score (nSPS) is 22.0. The highest BCUT2D eigenvalue weighted by Gasteiger charge is 2.34. The van der Waals surface area contributed by atoms with Crippen LogP contribution in [0.4, 0.5) is 0 Å². The topological polar surface area (TPSA) is 98.7 Å². The second kappa shape index (κ2) is 12.3. The lowest BCUT2D eigenvalue weighted by molar-refractivity contribution is -0.127. The van der Waals surface area contributed by atoms with Crippen molar-refractivity contribution in [2.75, 3.05) is 6.54 Å². The molecule has 0 saturated heterocycles. The third kappa shape index (κ3) is 6.92. The van der Waals surface area contributed by atoms with E-state index in [0.29, 0.717) is 12.8 Å². The summed E-state index contributed by atoms with van der Waals surface area (Å²) in [5, 5.41) is 27.3. The smallest absolute Gasteiger partial charge is 0.224 e. The summed E-state index contributed by atoms with van der Waals surface area (Å²) in [5.41, 5.74) is 3.00. The van der Waals surface area contributed by atoms with Crippen LogP contribution in [-0.2, 0) is 22.4 Å². The largest absolute Gasteiger partial charge is 0.391 e. The van der Waals surface area contributed by atoms with E-state index in [9.17, 15) is 19.8 Å². The van der Waals surface area contributed by atoms with Gasteiger partial charge in [-0.15, -0.1) is 0 Å². The average molecular weight is 479 g/mol. The van der Waals surface area contributed by atoms with Gasteiger partial charge in [-0.05, 0) is 42.4 Å². The summed E-state index contributed by atoms with van der Waals surface area (Å²) in [6.07, 6.45) is 6.07. The number of fused-ring (bicyclic) bond motifs is 1. The van der Waals surface area contributed by atoms with Crippen molar-refractivity contribution in [2.24, 2.45) is 11.8 Å².